The average Bonchev–Trinajstić information content (AvgIpc) is 2.65. The summed E-state index contributed by atoms with van der Waals surface area (Å²) in [4.78, 5) is 25.3. The van der Waals surface area contributed by atoms with Crippen LogP contribution in [-0.4, -0.2) is 28.8 Å². The number of H-pyrrole nitrogens is 1. The number of rotatable bonds is 4. The maximum absolute atomic E-state index is 13.0. The van der Waals surface area contributed by atoms with Crippen molar-refractivity contribution in [1.82, 2.24) is 14.9 Å². The first-order valence-corrected chi connectivity index (χ1v) is 5.90. The second-order valence-corrected chi connectivity index (χ2v) is 3.89. The molecule has 7 heteroatoms. The molecule has 1 heterocycles. The highest BCUT2D eigenvalue weighted by Gasteiger charge is 2.07. The van der Waals surface area contributed by atoms with Gasteiger partial charge in [-0.05, 0) is 25.1 Å². The van der Waals surface area contributed by atoms with Gasteiger partial charge in [0.2, 0.25) is 0 Å². The zero-order valence-corrected chi connectivity index (χ0v) is 10.4. The molecule has 2 N–H and O–H groups in total. The molecule has 0 bridgehead atoms. The quantitative estimate of drug-likeness (QED) is 0.874. The van der Waals surface area contributed by atoms with Crippen LogP contribution in [0.5, 0.6) is 0 Å². The summed E-state index contributed by atoms with van der Waals surface area (Å²) in [5.41, 5.74) is 0.685. The van der Waals surface area contributed by atoms with Crippen LogP contribution in [0.2, 0.25) is 0 Å². The van der Waals surface area contributed by atoms with E-state index in [2.05, 4.69) is 10.3 Å². The smallest absolute Gasteiger partial charge is 0.407 e. The van der Waals surface area contributed by atoms with Gasteiger partial charge in [-0.15, -0.1) is 0 Å². The Hall–Kier alpha value is -2.31. The van der Waals surface area contributed by atoms with Gasteiger partial charge in [-0.25, -0.2) is 14.0 Å². The van der Waals surface area contributed by atoms with Crippen molar-refractivity contribution in [2.24, 2.45) is 0 Å². The summed E-state index contributed by atoms with van der Waals surface area (Å²) in [5.74, 6) is -0.412. The van der Waals surface area contributed by atoms with Crippen LogP contribution in [0.15, 0.2) is 23.0 Å². The first kappa shape index (κ1) is 13.1. The predicted molar refractivity (Wildman–Crippen MR) is 67.5 cm³/mol. The molecule has 0 fully saturated rings. The zero-order valence-electron chi connectivity index (χ0n) is 10.4. The molecule has 0 spiro atoms. The van der Waals surface area contributed by atoms with Gasteiger partial charge >= 0.3 is 11.8 Å². The number of benzene rings is 1. The number of amides is 1. The third-order valence-electron chi connectivity index (χ3n) is 2.62. The molecule has 0 unspecified atom stereocenters. The molecule has 19 heavy (non-hydrogen) atoms. The van der Waals surface area contributed by atoms with Crippen molar-refractivity contribution < 1.29 is 13.9 Å². The van der Waals surface area contributed by atoms with Crippen molar-refractivity contribution in [3.05, 3.63) is 34.5 Å². The molecule has 0 saturated heterocycles. The number of nitrogens with zero attached hydrogens (tertiary/aromatic N) is 1. The van der Waals surface area contributed by atoms with E-state index in [9.17, 15) is 14.0 Å². The summed E-state index contributed by atoms with van der Waals surface area (Å²) in [6, 6.07) is 4.06. The highest BCUT2D eigenvalue weighted by Crippen LogP contribution is 2.11. The lowest BCUT2D eigenvalue weighted by atomic mass is 10.3. The monoisotopic (exact) mass is 267 g/mol. The van der Waals surface area contributed by atoms with Gasteiger partial charge in [0.1, 0.15) is 5.82 Å². The van der Waals surface area contributed by atoms with E-state index in [0.29, 0.717) is 11.0 Å². The molecule has 0 aliphatic rings. The van der Waals surface area contributed by atoms with Gasteiger partial charge in [0.15, 0.2) is 0 Å². The molecule has 1 amide bonds. The van der Waals surface area contributed by atoms with Crippen molar-refractivity contribution in [2.45, 2.75) is 13.5 Å². The minimum atomic E-state index is -0.526. The molecular weight excluding hydrogens is 253 g/mol. The van der Waals surface area contributed by atoms with E-state index >= 15 is 0 Å². The number of hydrogen-bond donors (Lipinski definition) is 2. The van der Waals surface area contributed by atoms with Gasteiger partial charge in [-0.2, -0.15) is 0 Å². The van der Waals surface area contributed by atoms with E-state index in [1.54, 1.807) is 6.92 Å². The summed E-state index contributed by atoms with van der Waals surface area (Å²) < 4.78 is 19.1. The molecular formula is C12H14FN3O3. The SMILES string of the molecule is CCOC(=O)NCCn1c(=O)[nH]c2cc(F)ccc21. The van der Waals surface area contributed by atoms with Gasteiger partial charge in [0.25, 0.3) is 0 Å². The van der Waals surface area contributed by atoms with E-state index < -0.39 is 11.9 Å². The average molecular weight is 267 g/mol. The lowest BCUT2D eigenvalue weighted by Crippen LogP contribution is -2.30. The third kappa shape index (κ3) is 2.93. The normalized spacial score (nSPS) is 10.6. The number of carbonyl (C=O) groups is 1. The number of imidazole rings is 1. The van der Waals surface area contributed by atoms with Crippen LogP contribution in [-0.2, 0) is 11.3 Å². The van der Waals surface area contributed by atoms with Crippen LogP contribution in [0.25, 0.3) is 11.0 Å². The lowest BCUT2D eigenvalue weighted by molar-refractivity contribution is 0.152. The fourth-order valence-corrected chi connectivity index (χ4v) is 1.81. The molecule has 102 valence electrons. The number of hydrogen-bond acceptors (Lipinski definition) is 3. The lowest BCUT2D eigenvalue weighted by Gasteiger charge is -2.06. The zero-order chi connectivity index (χ0) is 13.8. The Kier molecular flexibility index (Phi) is 3.84. The molecule has 6 nitrogen and oxygen atoms in total. The van der Waals surface area contributed by atoms with Gasteiger partial charge in [-0.3, -0.25) is 4.57 Å². The van der Waals surface area contributed by atoms with Crippen molar-refractivity contribution >= 4 is 17.1 Å². The van der Waals surface area contributed by atoms with Crippen molar-refractivity contribution in [3.8, 4) is 0 Å². The van der Waals surface area contributed by atoms with Gasteiger partial charge in [0, 0.05) is 13.1 Å². The minimum Gasteiger partial charge on any atom is -0.450 e. The first-order valence-electron chi connectivity index (χ1n) is 5.90. The first-order chi connectivity index (χ1) is 9.11. The highest BCUT2D eigenvalue weighted by molar-refractivity contribution is 5.75. The van der Waals surface area contributed by atoms with Crippen LogP contribution in [0.4, 0.5) is 9.18 Å². The fraction of sp³-hybridized carbons (Fsp3) is 0.333. The number of halogens is 1. The van der Waals surface area contributed by atoms with Crippen LogP contribution in [0.3, 0.4) is 0 Å². The van der Waals surface area contributed by atoms with Crippen molar-refractivity contribution in [3.63, 3.8) is 0 Å². The summed E-state index contributed by atoms with van der Waals surface area (Å²) in [7, 11) is 0. The summed E-state index contributed by atoms with van der Waals surface area (Å²) in [5, 5.41) is 2.52. The number of ether oxygens (including phenoxy) is 1. The summed E-state index contributed by atoms with van der Waals surface area (Å²) in [6.45, 7) is 2.53. The van der Waals surface area contributed by atoms with Crippen LogP contribution in [0, 0.1) is 5.82 Å². The van der Waals surface area contributed by atoms with E-state index in [0.717, 1.165) is 0 Å². The Bertz CT molecular complexity index is 647. The second kappa shape index (κ2) is 5.55. The molecule has 1 aromatic carbocycles. The predicted octanol–water partition coefficient (Wildman–Crippen LogP) is 1.21. The largest absolute Gasteiger partial charge is 0.450 e. The van der Waals surface area contributed by atoms with E-state index in [1.165, 1.54) is 22.8 Å². The Morgan fingerprint density at radius 2 is 2.32 bits per heavy atom. The number of fused-ring (bicyclic) bond motifs is 1. The molecule has 0 aliphatic heterocycles. The molecule has 0 saturated carbocycles. The Morgan fingerprint density at radius 1 is 1.53 bits per heavy atom. The number of aromatic nitrogens is 2. The minimum absolute atomic E-state index is 0.253. The number of alkyl carbamates (subject to hydrolysis) is 1. The van der Waals surface area contributed by atoms with E-state index in [4.69, 9.17) is 4.74 Å². The summed E-state index contributed by atoms with van der Waals surface area (Å²) in [6.07, 6.45) is -0.526. The van der Waals surface area contributed by atoms with Gasteiger partial charge < -0.3 is 15.0 Å². The molecule has 0 atom stereocenters. The number of carbonyl (C=O) groups excluding carboxylic acids is 1. The molecule has 1 aromatic heterocycles. The van der Waals surface area contributed by atoms with Crippen molar-refractivity contribution in [2.75, 3.05) is 13.2 Å². The van der Waals surface area contributed by atoms with Crippen molar-refractivity contribution in [1.29, 1.82) is 0 Å². The Labute approximate surface area is 108 Å². The second-order valence-electron chi connectivity index (χ2n) is 3.89. The van der Waals surface area contributed by atoms with Gasteiger partial charge in [-0.1, -0.05) is 0 Å². The molecule has 0 aliphatic carbocycles. The molecule has 2 rings (SSSR count). The van der Waals surface area contributed by atoms with Gasteiger partial charge in [0.05, 0.1) is 17.6 Å². The Morgan fingerprint density at radius 3 is 3.05 bits per heavy atom. The fourth-order valence-electron chi connectivity index (χ4n) is 1.81. The maximum atomic E-state index is 13.0. The van der Waals surface area contributed by atoms with E-state index in [1.807, 2.05) is 0 Å². The standard InChI is InChI=1S/C12H14FN3O3/c1-2-19-12(18)14-5-6-16-10-4-3-8(13)7-9(10)15-11(16)17/h3-4,7H,2,5-6H2,1H3,(H,14,18)(H,15,17). The van der Waals surface area contributed by atoms with Crippen LogP contribution < -0.4 is 11.0 Å². The number of nitrogens with one attached hydrogen (secondary N) is 2. The van der Waals surface area contributed by atoms with Crippen LogP contribution >= 0.6 is 0 Å². The highest BCUT2D eigenvalue weighted by atomic mass is 19.1. The summed E-state index contributed by atoms with van der Waals surface area (Å²) >= 11 is 0. The topological polar surface area (TPSA) is 76.1 Å². The molecule has 2 aromatic rings. The van der Waals surface area contributed by atoms with Crippen LogP contribution in [0.1, 0.15) is 6.92 Å². The maximum Gasteiger partial charge on any atom is 0.407 e. The van der Waals surface area contributed by atoms with E-state index in [-0.39, 0.29) is 25.4 Å². The Balaban J connectivity index is 2.10. The third-order valence-corrected chi connectivity index (χ3v) is 2.62. The molecule has 0 radical (unpaired) electrons. The number of aromatic amines is 1.